The molecule has 0 amide bonds. The quantitative estimate of drug-likeness (QED) is 0.188. The highest BCUT2D eigenvalue weighted by Gasteiger charge is 2.24. The number of carboxylic acids is 2. The van der Waals surface area contributed by atoms with E-state index in [-0.39, 0.29) is 0 Å². The van der Waals surface area contributed by atoms with E-state index in [1.54, 1.807) is 6.92 Å². The Morgan fingerprint density at radius 1 is 1.07 bits per heavy atom. The molecule has 0 aliphatic rings. The molecule has 3 unspecified atom stereocenters. The molecule has 0 heterocycles. The van der Waals surface area contributed by atoms with Gasteiger partial charge in [-0.15, -0.1) is 0 Å². The molecule has 0 aliphatic carbocycles. The minimum Gasteiger partial charge on any atom is -0.480 e. The summed E-state index contributed by atoms with van der Waals surface area (Å²) < 4.78 is 0. The van der Waals surface area contributed by atoms with Crippen molar-refractivity contribution in [2.75, 3.05) is 13.1 Å². The van der Waals surface area contributed by atoms with Crippen LogP contribution in [0.15, 0.2) is 24.3 Å². The molecule has 166 valence electrons. The van der Waals surface area contributed by atoms with Crippen molar-refractivity contribution in [1.82, 2.24) is 5.32 Å². The van der Waals surface area contributed by atoms with Crippen LogP contribution in [-0.2, 0) is 21.7 Å². The minimum absolute atomic E-state index is 0.383. The van der Waals surface area contributed by atoms with Crippen LogP contribution in [-0.4, -0.2) is 52.4 Å². The molecular formula is C20H36N4O5. The first-order valence-electron chi connectivity index (χ1n) is 9.79. The van der Waals surface area contributed by atoms with E-state index < -0.39 is 29.7 Å². The number of aliphatic carboxylic acids is 2. The molecule has 9 heteroatoms. The van der Waals surface area contributed by atoms with Gasteiger partial charge in [-0.25, -0.2) is 0 Å². The van der Waals surface area contributed by atoms with E-state index in [0.717, 1.165) is 17.5 Å². The standard InChI is InChI=1S/C15H24N2O3.C5H12N2O2/c1-3-11-7-4-5-8-12(11)15(2,20)17-10-6-9-13(16)14(18)19;6-3-1-2-4(7)5(8)9/h4-5,7-8,13,17,20H,3,6,9-10,16H2,1-2H3,(H,18,19);4H,1-3,6-7H2,(H,8,9). The molecule has 0 bridgehead atoms. The Balaban J connectivity index is 0.000000734. The molecule has 0 saturated heterocycles. The molecule has 0 fully saturated rings. The Morgan fingerprint density at radius 2 is 1.59 bits per heavy atom. The highest BCUT2D eigenvalue weighted by Crippen LogP contribution is 2.22. The minimum atomic E-state index is -1.13. The summed E-state index contributed by atoms with van der Waals surface area (Å²) >= 11 is 0. The predicted molar refractivity (Wildman–Crippen MR) is 112 cm³/mol. The van der Waals surface area contributed by atoms with Gasteiger partial charge in [0.15, 0.2) is 0 Å². The van der Waals surface area contributed by atoms with Crippen LogP contribution in [0.3, 0.4) is 0 Å². The Bertz CT molecular complexity index is 625. The van der Waals surface area contributed by atoms with Crippen LogP contribution >= 0.6 is 0 Å². The van der Waals surface area contributed by atoms with Crippen molar-refractivity contribution in [2.24, 2.45) is 17.2 Å². The van der Waals surface area contributed by atoms with Crippen LogP contribution in [0.2, 0.25) is 0 Å². The molecule has 0 aromatic heterocycles. The number of aliphatic hydroxyl groups is 1. The van der Waals surface area contributed by atoms with Crippen LogP contribution in [0.5, 0.6) is 0 Å². The Labute approximate surface area is 172 Å². The summed E-state index contributed by atoms with van der Waals surface area (Å²) in [6.07, 6.45) is 2.96. The lowest BCUT2D eigenvalue weighted by Crippen LogP contribution is -2.41. The van der Waals surface area contributed by atoms with E-state index in [1.807, 2.05) is 31.2 Å². The van der Waals surface area contributed by atoms with Crippen LogP contribution in [0, 0.1) is 0 Å². The van der Waals surface area contributed by atoms with E-state index in [0.29, 0.717) is 38.8 Å². The summed E-state index contributed by atoms with van der Waals surface area (Å²) in [6.45, 7) is 4.76. The van der Waals surface area contributed by atoms with E-state index in [2.05, 4.69) is 5.32 Å². The number of carboxylic acid groups (broad SMARTS) is 2. The molecule has 0 aliphatic heterocycles. The monoisotopic (exact) mass is 412 g/mol. The van der Waals surface area contributed by atoms with E-state index in [4.69, 9.17) is 27.4 Å². The number of hydrogen-bond acceptors (Lipinski definition) is 7. The summed E-state index contributed by atoms with van der Waals surface area (Å²) in [4.78, 5) is 20.6. The van der Waals surface area contributed by atoms with Gasteiger partial charge in [-0.2, -0.15) is 0 Å². The molecule has 1 aromatic rings. The van der Waals surface area contributed by atoms with Gasteiger partial charge in [-0.1, -0.05) is 31.2 Å². The third kappa shape index (κ3) is 10.9. The SMILES string of the molecule is CCc1ccccc1C(C)(O)NCCCC(N)C(=O)O.NCCCC(N)C(=O)O. The number of nitrogens with two attached hydrogens (primary N) is 3. The zero-order chi connectivity index (χ0) is 22.4. The van der Waals surface area contributed by atoms with Crippen molar-refractivity contribution in [3.63, 3.8) is 0 Å². The van der Waals surface area contributed by atoms with Gasteiger partial charge < -0.3 is 32.5 Å². The maximum Gasteiger partial charge on any atom is 0.320 e. The molecule has 3 atom stereocenters. The topological polar surface area (TPSA) is 185 Å². The zero-order valence-electron chi connectivity index (χ0n) is 17.3. The van der Waals surface area contributed by atoms with Crippen LogP contribution in [0.25, 0.3) is 0 Å². The Morgan fingerprint density at radius 3 is 2.07 bits per heavy atom. The molecule has 1 aromatic carbocycles. The van der Waals surface area contributed by atoms with Crippen molar-refractivity contribution in [3.8, 4) is 0 Å². The molecule has 1 rings (SSSR count). The molecule has 10 N–H and O–H groups in total. The lowest BCUT2D eigenvalue weighted by Gasteiger charge is -2.27. The van der Waals surface area contributed by atoms with E-state index in [1.165, 1.54) is 0 Å². The fourth-order valence-electron chi connectivity index (χ4n) is 2.64. The number of aryl methyl sites for hydroxylation is 1. The maximum absolute atomic E-state index is 10.6. The van der Waals surface area contributed by atoms with E-state index >= 15 is 0 Å². The lowest BCUT2D eigenvalue weighted by molar-refractivity contribution is -0.139. The van der Waals surface area contributed by atoms with Crippen molar-refractivity contribution in [2.45, 2.75) is 63.8 Å². The second-order valence-corrected chi connectivity index (χ2v) is 6.97. The Kier molecular flexibility index (Phi) is 13.0. The number of rotatable bonds is 12. The first kappa shape index (κ1) is 27.0. The second kappa shape index (κ2) is 14.0. The van der Waals surface area contributed by atoms with Gasteiger partial charge in [0, 0.05) is 5.56 Å². The second-order valence-electron chi connectivity index (χ2n) is 6.97. The first-order valence-corrected chi connectivity index (χ1v) is 9.79. The average molecular weight is 413 g/mol. The molecule has 0 saturated carbocycles. The van der Waals surface area contributed by atoms with Crippen molar-refractivity contribution >= 4 is 11.9 Å². The van der Waals surface area contributed by atoms with Crippen LogP contribution in [0.1, 0.15) is 50.7 Å². The highest BCUT2D eigenvalue weighted by atomic mass is 16.4. The van der Waals surface area contributed by atoms with Gasteiger partial charge in [0.2, 0.25) is 0 Å². The fraction of sp³-hybridized carbons (Fsp3) is 0.600. The number of nitrogens with one attached hydrogen (secondary N) is 1. The third-order valence-corrected chi connectivity index (χ3v) is 4.44. The molecule has 0 radical (unpaired) electrons. The molecular weight excluding hydrogens is 376 g/mol. The van der Waals surface area contributed by atoms with Gasteiger partial charge in [0.05, 0.1) is 0 Å². The zero-order valence-corrected chi connectivity index (χ0v) is 17.3. The summed E-state index contributed by atoms with van der Waals surface area (Å²) in [6, 6.07) is 6.15. The van der Waals surface area contributed by atoms with Gasteiger partial charge >= 0.3 is 11.9 Å². The normalized spacial score (nSPS) is 14.8. The van der Waals surface area contributed by atoms with Gasteiger partial charge in [0.1, 0.15) is 17.8 Å². The average Bonchev–Trinajstić information content (AvgIpc) is 2.69. The molecule has 0 spiro atoms. The van der Waals surface area contributed by atoms with Crippen molar-refractivity contribution in [3.05, 3.63) is 35.4 Å². The van der Waals surface area contributed by atoms with Crippen LogP contribution < -0.4 is 22.5 Å². The first-order chi connectivity index (χ1) is 13.6. The fourth-order valence-corrected chi connectivity index (χ4v) is 2.64. The summed E-state index contributed by atoms with van der Waals surface area (Å²) in [5.41, 5.74) is 16.5. The molecule has 9 nitrogen and oxygen atoms in total. The number of benzene rings is 1. The summed E-state index contributed by atoms with van der Waals surface area (Å²) in [5.74, 6) is -1.95. The van der Waals surface area contributed by atoms with E-state index in [9.17, 15) is 14.7 Å². The highest BCUT2D eigenvalue weighted by molar-refractivity contribution is 5.73. The smallest absolute Gasteiger partial charge is 0.320 e. The summed E-state index contributed by atoms with van der Waals surface area (Å²) in [5, 5.41) is 30.5. The van der Waals surface area contributed by atoms with Gasteiger partial charge in [0.25, 0.3) is 0 Å². The van der Waals surface area contributed by atoms with Crippen LogP contribution in [0.4, 0.5) is 0 Å². The lowest BCUT2D eigenvalue weighted by atomic mass is 9.96. The number of hydrogen-bond donors (Lipinski definition) is 7. The van der Waals surface area contributed by atoms with Gasteiger partial charge in [-0.3, -0.25) is 14.9 Å². The Hall–Kier alpha value is -2.04. The van der Waals surface area contributed by atoms with Crippen molar-refractivity contribution in [1.29, 1.82) is 0 Å². The molecule has 29 heavy (non-hydrogen) atoms. The number of carbonyl (C=O) groups is 2. The largest absolute Gasteiger partial charge is 0.480 e. The maximum atomic E-state index is 10.6. The summed E-state index contributed by atoms with van der Waals surface area (Å²) in [7, 11) is 0. The predicted octanol–water partition coefficient (Wildman–Crippen LogP) is 0.333. The van der Waals surface area contributed by atoms with Gasteiger partial charge in [-0.05, 0) is 57.7 Å². The van der Waals surface area contributed by atoms with Crippen molar-refractivity contribution < 1.29 is 24.9 Å². The third-order valence-electron chi connectivity index (χ3n) is 4.44.